The molecule has 4 nitrogen and oxygen atoms in total. The van der Waals surface area contributed by atoms with Crippen LogP contribution in [0, 0.1) is 0 Å². The molecule has 0 spiro atoms. The van der Waals surface area contributed by atoms with Crippen LogP contribution in [-0.4, -0.2) is 24.2 Å². The molecular weight excluding hydrogens is 276 g/mol. The van der Waals surface area contributed by atoms with Crippen molar-refractivity contribution in [3.8, 4) is 0 Å². The molecule has 5 heteroatoms. The van der Waals surface area contributed by atoms with Crippen LogP contribution in [0.25, 0.3) is 0 Å². The van der Waals surface area contributed by atoms with Crippen LogP contribution < -0.4 is 10.6 Å². The standard InChI is InChI=1S/C15H21ClN2O2/c16-12-10-11(13(17)4-3-5-15(19)20)6-7-14(12)18-8-1-2-9-18/h6-7,10,13H,1-5,8-9,17H2,(H,19,20)/t13-/m0/s1. The highest BCUT2D eigenvalue weighted by Gasteiger charge is 2.16. The van der Waals surface area contributed by atoms with Gasteiger partial charge in [0.2, 0.25) is 0 Å². The summed E-state index contributed by atoms with van der Waals surface area (Å²) in [7, 11) is 0. The number of carbonyl (C=O) groups is 1. The lowest BCUT2D eigenvalue weighted by molar-refractivity contribution is -0.137. The number of nitrogens with zero attached hydrogens (tertiary/aromatic N) is 1. The number of nitrogens with two attached hydrogens (primary N) is 1. The molecule has 1 aromatic rings. The van der Waals surface area contributed by atoms with Gasteiger partial charge in [0.1, 0.15) is 0 Å². The predicted molar refractivity (Wildman–Crippen MR) is 81.3 cm³/mol. The van der Waals surface area contributed by atoms with E-state index in [4.69, 9.17) is 22.4 Å². The molecule has 1 atom stereocenters. The molecule has 2 rings (SSSR count). The van der Waals surface area contributed by atoms with E-state index in [-0.39, 0.29) is 12.5 Å². The van der Waals surface area contributed by atoms with E-state index in [0.717, 1.165) is 29.4 Å². The van der Waals surface area contributed by atoms with E-state index in [2.05, 4.69) is 4.90 Å². The Labute approximate surface area is 124 Å². The molecule has 1 saturated heterocycles. The molecule has 1 fully saturated rings. The van der Waals surface area contributed by atoms with Crippen LogP contribution in [0.15, 0.2) is 18.2 Å². The molecule has 20 heavy (non-hydrogen) atoms. The SMILES string of the molecule is N[C@@H](CCCC(=O)O)c1ccc(N2CCCC2)c(Cl)c1. The average molecular weight is 297 g/mol. The number of anilines is 1. The molecule has 1 aliphatic rings. The van der Waals surface area contributed by atoms with Gasteiger partial charge >= 0.3 is 5.97 Å². The van der Waals surface area contributed by atoms with E-state index in [1.165, 1.54) is 12.8 Å². The summed E-state index contributed by atoms with van der Waals surface area (Å²) < 4.78 is 0. The maximum atomic E-state index is 10.5. The number of carboxylic acids is 1. The van der Waals surface area contributed by atoms with E-state index < -0.39 is 5.97 Å². The summed E-state index contributed by atoms with van der Waals surface area (Å²) in [6.07, 6.45) is 3.83. The largest absolute Gasteiger partial charge is 0.481 e. The van der Waals surface area contributed by atoms with Gasteiger partial charge in [-0.1, -0.05) is 17.7 Å². The molecule has 0 amide bonds. The maximum Gasteiger partial charge on any atom is 0.303 e. The normalized spacial score (nSPS) is 16.4. The quantitative estimate of drug-likeness (QED) is 0.846. The summed E-state index contributed by atoms with van der Waals surface area (Å²) in [6.45, 7) is 2.12. The van der Waals surface area contributed by atoms with Crippen molar-refractivity contribution in [1.82, 2.24) is 0 Å². The molecule has 3 N–H and O–H groups in total. The molecule has 1 aliphatic heterocycles. The Morgan fingerprint density at radius 3 is 2.70 bits per heavy atom. The van der Waals surface area contributed by atoms with Crippen molar-refractivity contribution >= 4 is 23.3 Å². The van der Waals surface area contributed by atoms with Gasteiger partial charge in [-0.25, -0.2) is 0 Å². The second-order valence-corrected chi connectivity index (χ2v) is 5.70. The molecule has 0 aromatic heterocycles. The summed E-state index contributed by atoms with van der Waals surface area (Å²) in [5.41, 5.74) is 8.14. The summed E-state index contributed by atoms with van der Waals surface area (Å²) in [5.74, 6) is -0.778. The smallest absolute Gasteiger partial charge is 0.303 e. The van der Waals surface area contributed by atoms with Crippen LogP contribution in [-0.2, 0) is 4.79 Å². The van der Waals surface area contributed by atoms with E-state index in [1.54, 1.807) is 0 Å². The Kier molecular flexibility index (Phi) is 5.26. The average Bonchev–Trinajstić information content (AvgIpc) is 2.91. The first-order chi connectivity index (χ1) is 9.58. The monoisotopic (exact) mass is 296 g/mol. The van der Waals surface area contributed by atoms with Crippen molar-refractivity contribution < 1.29 is 9.90 Å². The molecule has 0 bridgehead atoms. The van der Waals surface area contributed by atoms with Crippen molar-refractivity contribution in [2.45, 2.75) is 38.1 Å². The molecular formula is C15H21ClN2O2. The van der Waals surface area contributed by atoms with E-state index in [0.29, 0.717) is 12.8 Å². The lowest BCUT2D eigenvalue weighted by Gasteiger charge is -2.20. The van der Waals surface area contributed by atoms with Crippen LogP contribution in [0.3, 0.4) is 0 Å². The lowest BCUT2D eigenvalue weighted by Crippen LogP contribution is -2.18. The van der Waals surface area contributed by atoms with Gasteiger partial charge in [0.05, 0.1) is 10.7 Å². The minimum absolute atomic E-state index is 0.153. The number of hydrogen-bond donors (Lipinski definition) is 2. The van der Waals surface area contributed by atoms with Gasteiger partial charge in [-0.05, 0) is 43.4 Å². The van der Waals surface area contributed by atoms with Crippen LogP contribution in [0.5, 0.6) is 0 Å². The molecule has 1 heterocycles. The third-order valence-corrected chi connectivity index (χ3v) is 4.06. The van der Waals surface area contributed by atoms with Crippen LogP contribution >= 0.6 is 11.6 Å². The van der Waals surface area contributed by atoms with Gasteiger partial charge in [0.15, 0.2) is 0 Å². The number of benzene rings is 1. The fraction of sp³-hybridized carbons (Fsp3) is 0.533. The first-order valence-corrected chi connectivity index (χ1v) is 7.47. The molecule has 0 radical (unpaired) electrons. The first kappa shape index (κ1) is 15.1. The maximum absolute atomic E-state index is 10.5. The van der Waals surface area contributed by atoms with Gasteiger partial charge < -0.3 is 15.7 Å². The number of carboxylic acid groups (broad SMARTS) is 1. The van der Waals surface area contributed by atoms with Crippen LogP contribution in [0.2, 0.25) is 5.02 Å². The topological polar surface area (TPSA) is 66.6 Å². The second kappa shape index (κ2) is 6.95. The van der Waals surface area contributed by atoms with Gasteiger partial charge in [0.25, 0.3) is 0 Å². The molecule has 0 unspecified atom stereocenters. The minimum atomic E-state index is -0.778. The fourth-order valence-electron chi connectivity index (χ4n) is 2.61. The fourth-order valence-corrected chi connectivity index (χ4v) is 2.92. The van der Waals surface area contributed by atoms with Crippen molar-refractivity contribution in [2.75, 3.05) is 18.0 Å². The van der Waals surface area contributed by atoms with E-state index >= 15 is 0 Å². The van der Waals surface area contributed by atoms with Crippen molar-refractivity contribution in [3.05, 3.63) is 28.8 Å². The lowest BCUT2D eigenvalue weighted by atomic mass is 10.0. The zero-order chi connectivity index (χ0) is 14.5. The van der Waals surface area contributed by atoms with Gasteiger partial charge in [-0.3, -0.25) is 4.79 Å². The highest BCUT2D eigenvalue weighted by Crippen LogP contribution is 2.31. The Hall–Kier alpha value is -1.26. The number of hydrogen-bond acceptors (Lipinski definition) is 3. The van der Waals surface area contributed by atoms with Gasteiger partial charge in [-0.2, -0.15) is 0 Å². The Morgan fingerprint density at radius 2 is 2.10 bits per heavy atom. The van der Waals surface area contributed by atoms with E-state index in [1.807, 2.05) is 18.2 Å². The summed E-state index contributed by atoms with van der Waals surface area (Å²) in [5, 5.41) is 9.37. The summed E-state index contributed by atoms with van der Waals surface area (Å²) in [6, 6.07) is 5.80. The Morgan fingerprint density at radius 1 is 1.40 bits per heavy atom. The van der Waals surface area contributed by atoms with Crippen LogP contribution in [0.4, 0.5) is 5.69 Å². The predicted octanol–water partition coefficient (Wildman–Crippen LogP) is 3.19. The first-order valence-electron chi connectivity index (χ1n) is 7.09. The molecule has 110 valence electrons. The third kappa shape index (κ3) is 3.87. The van der Waals surface area contributed by atoms with Crippen molar-refractivity contribution in [1.29, 1.82) is 0 Å². The van der Waals surface area contributed by atoms with Gasteiger partial charge in [0, 0.05) is 25.6 Å². The summed E-state index contributed by atoms with van der Waals surface area (Å²) >= 11 is 6.35. The number of aliphatic carboxylic acids is 1. The molecule has 0 aliphatic carbocycles. The zero-order valence-corrected chi connectivity index (χ0v) is 12.3. The van der Waals surface area contributed by atoms with Crippen molar-refractivity contribution in [3.63, 3.8) is 0 Å². The number of rotatable bonds is 6. The molecule has 0 saturated carbocycles. The zero-order valence-electron chi connectivity index (χ0n) is 11.5. The number of halogens is 1. The minimum Gasteiger partial charge on any atom is -0.481 e. The highest BCUT2D eigenvalue weighted by molar-refractivity contribution is 6.33. The van der Waals surface area contributed by atoms with Crippen molar-refractivity contribution in [2.24, 2.45) is 5.73 Å². The Balaban J connectivity index is 1.98. The van der Waals surface area contributed by atoms with Crippen LogP contribution in [0.1, 0.15) is 43.7 Å². The highest BCUT2D eigenvalue weighted by atomic mass is 35.5. The van der Waals surface area contributed by atoms with Gasteiger partial charge in [-0.15, -0.1) is 0 Å². The third-order valence-electron chi connectivity index (χ3n) is 3.75. The van der Waals surface area contributed by atoms with E-state index in [9.17, 15) is 4.79 Å². The Bertz CT molecular complexity index is 473. The summed E-state index contributed by atoms with van der Waals surface area (Å²) in [4.78, 5) is 12.8. The second-order valence-electron chi connectivity index (χ2n) is 5.30. The molecule has 1 aromatic carbocycles.